The molecule has 0 unspecified atom stereocenters. The molecule has 0 spiro atoms. The van der Waals surface area contributed by atoms with Gasteiger partial charge in [0, 0.05) is 55.3 Å². The van der Waals surface area contributed by atoms with Gasteiger partial charge in [0.2, 0.25) is 0 Å². The molecule has 12 aromatic rings. The van der Waals surface area contributed by atoms with Crippen molar-refractivity contribution < 1.29 is 0 Å². The molecule has 3 heterocycles. The van der Waals surface area contributed by atoms with Crippen molar-refractivity contribution in [1.29, 1.82) is 15.8 Å². The van der Waals surface area contributed by atoms with E-state index in [1.165, 1.54) is 0 Å². The number of hydrogen-bond donors (Lipinski definition) is 0. The van der Waals surface area contributed by atoms with Crippen LogP contribution in [0.5, 0.6) is 0 Å². The Morgan fingerprint density at radius 2 is 0.701 bits per heavy atom. The molecule has 0 aliphatic heterocycles. The van der Waals surface area contributed by atoms with Gasteiger partial charge in [-0.05, 0) is 107 Å². The average Bonchev–Trinajstić information content (AvgIpc) is 4.06. The number of nitriles is 3. The summed E-state index contributed by atoms with van der Waals surface area (Å²) in [6.07, 6.45) is 0. The van der Waals surface area contributed by atoms with Crippen molar-refractivity contribution in [2.45, 2.75) is 0 Å². The smallest absolute Gasteiger partial charge is 0.189 e. The van der Waals surface area contributed by atoms with Crippen LogP contribution in [0.25, 0.3) is 127 Å². The van der Waals surface area contributed by atoms with Crippen molar-refractivity contribution in [3.63, 3.8) is 0 Å². The van der Waals surface area contributed by atoms with Crippen molar-refractivity contribution in [1.82, 2.24) is 24.5 Å². The van der Waals surface area contributed by atoms with Gasteiger partial charge in [-0.1, -0.05) is 133 Å². The lowest BCUT2D eigenvalue weighted by atomic mass is 9.95. The zero-order chi connectivity index (χ0) is 52.4. The summed E-state index contributed by atoms with van der Waals surface area (Å²) >= 11 is 0. The van der Waals surface area contributed by atoms with Gasteiger partial charge in [-0.2, -0.15) is 15.8 Å². The molecule has 10 heteroatoms. The number of aromatic nitrogens is 5. The minimum absolute atomic E-state index is 0.341. The highest BCUT2D eigenvalue weighted by molar-refractivity contribution is 6.13. The maximum absolute atomic E-state index is 11.1. The highest BCUT2D eigenvalue weighted by Gasteiger charge is 2.26. The van der Waals surface area contributed by atoms with Crippen LogP contribution in [0.2, 0.25) is 0 Å². The Hall–Kier alpha value is -11.6. The van der Waals surface area contributed by atoms with Gasteiger partial charge in [-0.3, -0.25) is 0 Å². The number of fused-ring (bicyclic) bond motifs is 3. The first-order chi connectivity index (χ1) is 37.9. The first-order valence-electron chi connectivity index (χ1n) is 24.4. The Bertz CT molecular complexity index is 4090. The second-order valence-corrected chi connectivity index (χ2v) is 18.2. The Morgan fingerprint density at radius 3 is 1.08 bits per heavy atom. The van der Waals surface area contributed by atoms with Crippen LogP contribution >= 0.6 is 0 Å². The quantitative estimate of drug-likeness (QED) is 0.131. The lowest BCUT2D eigenvalue weighted by Crippen LogP contribution is -2.05. The molecule has 0 bridgehead atoms. The topological polar surface area (TPSA) is 137 Å². The van der Waals surface area contributed by atoms with Gasteiger partial charge in [-0.15, -0.1) is 0 Å². The lowest BCUT2D eigenvalue weighted by molar-refractivity contribution is 1.14. The van der Waals surface area contributed by atoms with Crippen molar-refractivity contribution in [3.8, 4) is 114 Å². The zero-order valence-electron chi connectivity index (χ0n) is 40.8. The van der Waals surface area contributed by atoms with Crippen LogP contribution in [0.1, 0.15) is 16.7 Å². The number of benzene rings is 9. The third-order valence-corrected chi connectivity index (χ3v) is 13.5. The molecule has 0 fully saturated rings. The van der Waals surface area contributed by atoms with Crippen LogP contribution in [0.3, 0.4) is 0 Å². The largest absolute Gasteiger partial charge is 0.308 e. The molecule has 0 N–H and O–H groups in total. The summed E-state index contributed by atoms with van der Waals surface area (Å²) in [5, 5.41) is 32.9. The minimum atomic E-state index is 0.341. The second-order valence-electron chi connectivity index (χ2n) is 18.2. The van der Waals surface area contributed by atoms with E-state index < -0.39 is 0 Å². The molecule has 3 aromatic heterocycles. The van der Waals surface area contributed by atoms with E-state index >= 15 is 0 Å². The fourth-order valence-corrected chi connectivity index (χ4v) is 9.88. The molecule has 0 atom stereocenters. The molecule has 0 radical (unpaired) electrons. The molecule has 0 amide bonds. The van der Waals surface area contributed by atoms with E-state index in [2.05, 4.69) is 44.6 Å². The Labute approximate surface area is 443 Å². The van der Waals surface area contributed by atoms with Gasteiger partial charge >= 0.3 is 0 Å². The maximum atomic E-state index is 11.1. The first-order valence-corrected chi connectivity index (χ1v) is 24.4. The van der Waals surface area contributed by atoms with Gasteiger partial charge in [0.1, 0.15) is 0 Å². The molecular weight excluding hydrogens is 945 g/mol. The molecule has 0 saturated heterocycles. The molecule has 10 nitrogen and oxygen atoms in total. The summed E-state index contributed by atoms with van der Waals surface area (Å²) in [6, 6.07) is 76.6. The minimum Gasteiger partial charge on any atom is -0.308 e. The highest BCUT2D eigenvalue weighted by atomic mass is 15.0. The number of rotatable bonds is 9. The van der Waals surface area contributed by atoms with Crippen LogP contribution in [0, 0.1) is 47.1 Å². The fourth-order valence-electron chi connectivity index (χ4n) is 9.88. The van der Waals surface area contributed by atoms with E-state index in [1.54, 1.807) is 36.4 Å². The van der Waals surface area contributed by atoms with Gasteiger partial charge < -0.3 is 4.57 Å². The summed E-state index contributed by atoms with van der Waals surface area (Å²) < 4.78 is 2.19. The van der Waals surface area contributed by atoms with E-state index in [4.69, 9.17) is 33.1 Å². The normalized spacial score (nSPS) is 10.8. The molecule has 354 valence electrons. The van der Waals surface area contributed by atoms with Crippen LogP contribution in [-0.4, -0.2) is 24.5 Å². The fraction of sp³-hybridized carbons (Fsp3) is 0. The van der Waals surface area contributed by atoms with Gasteiger partial charge in [0.05, 0.1) is 76.4 Å². The standard InChI is InChI=1S/C67H36N10/c1-71-53-29-42(39-68)27-51(33-53)49-23-25-63-55(35-49)56-36-50(52-28-43(40-69)30-54(34-52)72-2)24-26-64(56)77(63)65-57(61-37-59(45-15-7-3-8-16-45)73-66(75-61)47-19-11-5-12-20-47)31-44(41-70)32-58(65)62-38-60(46-17-9-4-10-18-46)74-67(76-62)48-21-13-6-14-22-48/h3-38H. The van der Waals surface area contributed by atoms with Crippen LogP contribution in [0.15, 0.2) is 218 Å². The van der Waals surface area contributed by atoms with Crippen LogP contribution < -0.4 is 0 Å². The summed E-state index contributed by atoms with van der Waals surface area (Å²) in [5.74, 6) is 0.981. The Morgan fingerprint density at radius 1 is 0.338 bits per heavy atom. The highest BCUT2D eigenvalue weighted by Crippen LogP contribution is 2.45. The maximum Gasteiger partial charge on any atom is 0.189 e. The van der Waals surface area contributed by atoms with E-state index in [9.17, 15) is 15.8 Å². The van der Waals surface area contributed by atoms with E-state index in [0.29, 0.717) is 90.4 Å². The molecule has 9 aromatic carbocycles. The summed E-state index contributed by atoms with van der Waals surface area (Å²) in [4.78, 5) is 28.4. The molecule has 0 saturated carbocycles. The second kappa shape index (κ2) is 19.8. The number of nitrogens with zero attached hydrogens (tertiary/aromatic N) is 10. The van der Waals surface area contributed by atoms with Crippen molar-refractivity contribution in [2.24, 2.45) is 0 Å². The third kappa shape index (κ3) is 8.84. The third-order valence-electron chi connectivity index (χ3n) is 13.5. The van der Waals surface area contributed by atoms with Gasteiger partial charge in [0.25, 0.3) is 0 Å². The van der Waals surface area contributed by atoms with Gasteiger partial charge in [-0.25, -0.2) is 29.6 Å². The van der Waals surface area contributed by atoms with Crippen molar-refractivity contribution in [2.75, 3.05) is 0 Å². The summed E-state index contributed by atoms with van der Waals surface area (Å²) in [7, 11) is 0. The first kappa shape index (κ1) is 46.5. The molecule has 0 aliphatic carbocycles. The van der Waals surface area contributed by atoms with Crippen molar-refractivity contribution >= 4 is 33.2 Å². The van der Waals surface area contributed by atoms with Gasteiger partial charge in [0.15, 0.2) is 23.0 Å². The monoisotopic (exact) mass is 980 g/mol. The predicted molar refractivity (Wildman–Crippen MR) is 302 cm³/mol. The SMILES string of the molecule is [C-]#[N+]c1cc(C#N)cc(-c2ccc3c(c2)c2cc(-c4cc(C#N)cc([N+]#[C-])c4)ccc2n3-c2c(-c3cc(-c4ccccc4)nc(-c4ccccc4)n3)cc(C#N)cc2-c2cc(-c3ccccc3)nc(-c3ccccc3)n2)c1. The van der Waals surface area contributed by atoms with E-state index in [0.717, 1.165) is 55.2 Å². The number of hydrogen-bond acceptors (Lipinski definition) is 7. The van der Waals surface area contributed by atoms with Crippen LogP contribution in [0.4, 0.5) is 11.4 Å². The average molecular weight is 981 g/mol. The Balaban J connectivity index is 1.24. The zero-order valence-corrected chi connectivity index (χ0v) is 40.8. The molecular formula is C67H36N10. The lowest BCUT2D eigenvalue weighted by Gasteiger charge is -2.20. The Kier molecular flexibility index (Phi) is 11.9. The van der Waals surface area contributed by atoms with Crippen molar-refractivity contribution in [3.05, 3.63) is 258 Å². The molecule has 12 rings (SSSR count). The molecule has 0 aliphatic rings. The summed E-state index contributed by atoms with van der Waals surface area (Å²) in [6.45, 7) is 15.7. The van der Waals surface area contributed by atoms with E-state index in [-0.39, 0.29) is 0 Å². The summed E-state index contributed by atoms with van der Waals surface area (Å²) in [5.41, 5.74) is 14.0. The predicted octanol–water partition coefficient (Wildman–Crippen LogP) is 16.4. The van der Waals surface area contributed by atoms with Crippen LogP contribution in [-0.2, 0) is 0 Å². The van der Waals surface area contributed by atoms with E-state index in [1.807, 2.05) is 170 Å². The molecule has 77 heavy (non-hydrogen) atoms.